The van der Waals surface area contributed by atoms with Crippen molar-refractivity contribution in [3.8, 4) is 17.2 Å². The van der Waals surface area contributed by atoms with E-state index in [0.717, 1.165) is 36.0 Å². The minimum atomic E-state index is -0.447. The Kier molecular flexibility index (Phi) is 13.8. The highest BCUT2D eigenvalue weighted by Crippen LogP contribution is 2.45. The molecule has 2 saturated carbocycles. The Labute approximate surface area is 293 Å². The van der Waals surface area contributed by atoms with Crippen molar-refractivity contribution in [2.45, 2.75) is 89.9 Å². The summed E-state index contributed by atoms with van der Waals surface area (Å²) in [6, 6.07) is 23.4. The molecule has 0 saturated heterocycles. The molecule has 1 atom stereocenters. The summed E-state index contributed by atoms with van der Waals surface area (Å²) in [5.74, 6) is 4.96. The molecule has 0 amide bonds. The number of hydrogen-bond donors (Lipinski definition) is 0. The first-order valence-electron chi connectivity index (χ1n) is 18.4. The molecule has 6 heteroatoms. The first-order chi connectivity index (χ1) is 23.9. The Bertz CT molecular complexity index is 1450. The lowest BCUT2D eigenvalue weighted by Gasteiger charge is -2.38. The maximum atomic E-state index is 12.9. The van der Waals surface area contributed by atoms with Crippen LogP contribution in [0.4, 0.5) is 0 Å². The monoisotopic (exact) mass is 666 g/mol. The average Bonchev–Trinajstić information content (AvgIpc) is 3.15. The fraction of sp³-hybridized carbons (Fsp3) is 0.488. The van der Waals surface area contributed by atoms with Crippen LogP contribution in [0.15, 0.2) is 85.5 Å². The van der Waals surface area contributed by atoms with Crippen molar-refractivity contribution < 1.29 is 28.5 Å². The number of methoxy groups -OCH3 is 1. The number of carbonyl (C=O) groups is 2. The van der Waals surface area contributed by atoms with Crippen LogP contribution in [0, 0.1) is 23.7 Å². The molecule has 0 spiro atoms. The Morgan fingerprint density at radius 3 is 1.84 bits per heavy atom. The third-order valence-electron chi connectivity index (χ3n) is 10.8. The van der Waals surface area contributed by atoms with Gasteiger partial charge in [-0.25, -0.2) is 9.59 Å². The minimum absolute atomic E-state index is 0.260. The standard InChI is InChI=1S/C43H54O6/c1-4-7-31-8-12-33(13-9-31)34-14-10-32(11-15-34)30-41(35-16-22-38(46-3)23-17-35)36-18-26-40(27-19-36)49-43(45)37-20-24-39(25-21-37)47-28-6-29-48-42(44)5-2/h5,16-27,31-34,41H,2,4,6-15,28-30H2,1,3H3. The lowest BCUT2D eigenvalue weighted by atomic mass is 9.67. The van der Waals surface area contributed by atoms with Gasteiger partial charge in [-0.3, -0.25) is 0 Å². The summed E-state index contributed by atoms with van der Waals surface area (Å²) in [6.45, 7) is 6.35. The van der Waals surface area contributed by atoms with E-state index in [0.29, 0.717) is 36.0 Å². The molecule has 0 bridgehead atoms. The highest BCUT2D eigenvalue weighted by atomic mass is 16.5. The summed E-state index contributed by atoms with van der Waals surface area (Å²) < 4.78 is 21.8. The lowest BCUT2D eigenvalue weighted by molar-refractivity contribution is -0.137. The minimum Gasteiger partial charge on any atom is -0.497 e. The van der Waals surface area contributed by atoms with Gasteiger partial charge in [0.05, 0.1) is 25.9 Å². The van der Waals surface area contributed by atoms with Gasteiger partial charge in [-0.1, -0.05) is 76.3 Å². The Morgan fingerprint density at radius 1 is 0.735 bits per heavy atom. The zero-order valence-electron chi connectivity index (χ0n) is 29.4. The van der Waals surface area contributed by atoms with Gasteiger partial charge in [-0.05, 0) is 115 Å². The molecule has 2 aliphatic carbocycles. The molecule has 6 nitrogen and oxygen atoms in total. The highest BCUT2D eigenvalue weighted by Gasteiger charge is 2.32. The predicted molar refractivity (Wildman–Crippen MR) is 194 cm³/mol. The molecule has 1 unspecified atom stereocenters. The summed E-state index contributed by atoms with van der Waals surface area (Å²) in [7, 11) is 1.71. The van der Waals surface area contributed by atoms with Gasteiger partial charge < -0.3 is 18.9 Å². The Balaban J connectivity index is 1.16. The van der Waals surface area contributed by atoms with Crippen molar-refractivity contribution in [1.82, 2.24) is 0 Å². The highest BCUT2D eigenvalue weighted by molar-refractivity contribution is 5.91. The van der Waals surface area contributed by atoms with E-state index in [2.05, 4.69) is 49.9 Å². The first kappa shape index (κ1) is 36.2. The largest absolute Gasteiger partial charge is 0.497 e. The van der Waals surface area contributed by atoms with Crippen LogP contribution in [0.5, 0.6) is 17.2 Å². The summed E-state index contributed by atoms with van der Waals surface area (Å²) in [6.07, 6.45) is 16.7. The number of hydrogen-bond acceptors (Lipinski definition) is 6. The van der Waals surface area contributed by atoms with Gasteiger partial charge in [-0.15, -0.1) is 0 Å². The Hall–Kier alpha value is -4.06. The second-order valence-electron chi connectivity index (χ2n) is 14.0. The third kappa shape index (κ3) is 10.7. The number of rotatable bonds is 16. The van der Waals surface area contributed by atoms with Crippen LogP contribution in [0.25, 0.3) is 0 Å². The number of carbonyl (C=O) groups excluding carboxylic acids is 2. The van der Waals surface area contributed by atoms with E-state index < -0.39 is 11.9 Å². The zero-order chi connectivity index (χ0) is 34.4. The van der Waals surface area contributed by atoms with Gasteiger partial charge in [0.15, 0.2) is 0 Å². The second-order valence-corrected chi connectivity index (χ2v) is 14.0. The molecule has 0 N–H and O–H groups in total. The fourth-order valence-electron chi connectivity index (χ4n) is 7.99. The van der Waals surface area contributed by atoms with Gasteiger partial charge in [0.2, 0.25) is 0 Å². The lowest BCUT2D eigenvalue weighted by Crippen LogP contribution is -2.26. The molecule has 0 radical (unpaired) electrons. The second kappa shape index (κ2) is 18.6. The van der Waals surface area contributed by atoms with E-state index in [9.17, 15) is 9.59 Å². The molecule has 0 aromatic heterocycles. The van der Waals surface area contributed by atoms with Crippen molar-refractivity contribution in [2.75, 3.05) is 20.3 Å². The molecular weight excluding hydrogens is 612 g/mol. The molecule has 2 aliphatic rings. The van der Waals surface area contributed by atoms with Crippen LogP contribution in [0.2, 0.25) is 0 Å². The van der Waals surface area contributed by atoms with Gasteiger partial charge in [0, 0.05) is 18.4 Å². The topological polar surface area (TPSA) is 71.1 Å². The Morgan fingerprint density at radius 2 is 1.29 bits per heavy atom. The molecule has 0 aliphatic heterocycles. The normalized spacial score (nSPS) is 21.3. The van der Waals surface area contributed by atoms with Crippen molar-refractivity contribution in [3.05, 3.63) is 102 Å². The van der Waals surface area contributed by atoms with Crippen LogP contribution in [-0.2, 0) is 9.53 Å². The van der Waals surface area contributed by atoms with E-state index in [1.54, 1.807) is 31.4 Å². The SMILES string of the molecule is C=CC(=O)OCCCOc1ccc(C(=O)Oc2ccc(C(CC3CCC(C4CCC(CCC)CC4)CC3)c3ccc(OC)cc3)cc2)cc1. The van der Waals surface area contributed by atoms with Gasteiger partial charge in [-0.2, -0.15) is 0 Å². The first-order valence-corrected chi connectivity index (χ1v) is 18.4. The summed E-state index contributed by atoms with van der Waals surface area (Å²) >= 11 is 0. The van der Waals surface area contributed by atoms with E-state index in [4.69, 9.17) is 18.9 Å². The van der Waals surface area contributed by atoms with Crippen LogP contribution in [0.1, 0.15) is 111 Å². The van der Waals surface area contributed by atoms with E-state index in [1.165, 1.54) is 75.3 Å². The van der Waals surface area contributed by atoms with Crippen molar-refractivity contribution in [1.29, 1.82) is 0 Å². The summed E-state index contributed by atoms with van der Waals surface area (Å²) in [5.41, 5.74) is 2.97. The zero-order valence-corrected chi connectivity index (χ0v) is 29.4. The molecule has 3 aromatic carbocycles. The summed E-state index contributed by atoms with van der Waals surface area (Å²) in [4.78, 5) is 24.1. The third-order valence-corrected chi connectivity index (χ3v) is 10.8. The molecule has 49 heavy (non-hydrogen) atoms. The van der Waals surface area contributed by atoms with Gasteiger partial charge >= 0.3 is 11.9 Å². The smallest absolute Gasteiger partial charge is 0.343 e. The fourth-order valence-corrected chi connectivity index (χ4v) is 7.99. The van der Waals surface area contributed by atoms with Crippen molar-refractivity contribution >= 4 is 11.9 Å². The molecular formula is C43H54O6. The molecule has 3 aromatic rings. The van der Waals surface area contributed by atoms with E-state index in [-0.39, 0.29) is 12.5 Å². The molecule has 0 heterocycles. The maximum absolute atomic E-state index is 12.9. The summed E-state index contributed by atoms with van der Waals surface area (Å²) in [5, 5.41) is 0. The van der Waals surface area contributed by atoms with Crippen molar-refractivity contribution in [2.24, 2.45) is 23.7 Å². The number of esters is 2. The van der Waals surface area contributed by atoms with Gasteiger partial charge in [0.25, 0.3) is 0 Å². The maximum Gasteiger partial charge on any atom is 0.343 e. The van der Waals surface area contributed by atoms with Crippen LogP contribution in [0.3, 0.4) is 0 Å². The number of benzene rings is 3. The van der Waals surface area contributed by atoms with E-state index >= 15 is 0 Å². The van der Waals surface area contributed by atoms with E-state index in [1.807, 2.05) is 12.1 Å². The predicted octanol–water partition coefficient (Wildman–Crippen LogP) is 10.3. The average molecular weight is 667 g/mol. The van der Waals surface area contributed by atoms with Crippen molar-refractivity contribution in [3.63, 3.8) is 0 Å². The van der Waals surface area contributed by atoms with Gasteiger partial charge in [0.1, 0.15) is 17.2 Å². The van der Waals surface area contributed by atoms with Crippen LogP contribution in [-0.4, -0.2) is 32.3 Å². The molecule has 262 valence electrons. The van der Waals surface area contributed by atoms with Crippen LogP contribution >= 0.6 is 0 Å². The number of ether oxygens (including phenoxy) is 4. The quantitative estimate of drug-likeness (QED) is 0.0656. The molecule has 5 rings (SSSR count). The van der Waals surface area contributed by atoms with Crippen LogP contribution < -0.4 is 14.2 Å². The molecule has 2 fully saturated rings.